The number of rotatable bonds is 6. The van der Waals surface area contributed by atoms with Crippen molar-refractivity contribution >= 4 is 22.6 Å². The molecule has 7 nitrogen and oxygen atoms in total. The molecule has 1 saturated carbocycles. The van der Waals surface area contributed by atoms with E-state index in [1.165, 1.54) is 0 Å². The molecule has 0 radical (unpaired) electrons. The van der Waals surface area contributed by atoms with E-state index in [9.17, 15) is 4.79 Å². The third kappa shape index (κ3) is 3.19. The second-order valence-corrected chi connectivity index (χ2v) is 5.79. The predicted octanol–water partition coefficient (Wildman–Crippen LogP) is 2.34. The number of hydrogen-bond donors (Lipinski definition) is 2. The van der Waals surface area contributed by atoms with Gasteiger partial charge in [0.1, 0.15) is 5.82 Å². The molecule has 2 aromatic heterocycles. The number of fused-ring (bicyclic) bond motifs is 1. The first kappa shape index (κ1) is 14.6. The van der Waals surface area contributed by atoms with Gasteiger partial charge >= 0.3 is 11.8 Å². The highest BCUT2D eigenvalue weighted by molar-refractivity contribution is 5.89. The van der Waals surface area contributed by atoms with Crippen molar-refractivity contribution in [2.75, 3.05) is 18.4 Å². The van der Waals surface area contributed by atoms with Gasteiger partial charge in [-0.05, 0) is 31.0 Å². The number of carbonyl (C=O) groups is 1. The van der Waals surface area contributed by atoms with Gasteiger partial charge < -0.3 is 15.1 Å². The Bertz CT molecular complexity index is 872. The molecule has 2 heterocycles. The summed E-state index contributed by atoms with van der Waals surface area (Å²) in [6.45, 7) is 0.995. The quantitative estimate of drug-likeness (QED) is 0.676. The number of para-hydroxylation sites is 1. The standard InChI is InChI=1S/C17H17N5O2/c23-15(17-22-21-16(24-17)12-5-6-12)19-10-9-18-14-8-7-11-3-1-2-4-13(11)20-14/h1-4,7-8,12H,5-6,9-10H2,(H,18,20)(H,19,23). The van der Waals surface area contributed by atoms with Gasteiger partial charge in [-0.1, -0.05) is 18.2 Å². The SMILES string of the molecule is O=C(NCCNc1ccc2ccccc2n1)c1nnc(C2CC2)o1. The van der Waals surface area contributed by atoms with Crippen LogP contribution in [0, 0.1) is 0 Å². The fourth-order valence-corrected chi connectivity index (χ4v) is 2.43. The van der Waals surface area contributed by atoms with Crippen LogP contribution in [0.5, 0.6) is 0 Å². The first-order chi connectivity index (χ1) is 11.8. The first-order valence-corrected chi connectivity index (χ1v) is 8.01. The summed E-state index contributed by atoms with van der Waals surface area (Å²) in [5, 5.41) is 14.7. The van der Waals surface area contributed by atoms with Crippen LogP contribution < -0.4 is 10.6 Å². The Labute approximate surface area is 138 Å². The van der Waals surface area contributed by atoms with Gasteiger partial charge in [0.25, 0.3) is 0 Å². The number of aromatic nitrogens is 3. The number of nitrogens with zero attached hydrogens (tertiary/aromatic N) is 3. The summed E-state index contributed by atoms with van der Waals surface area (Å²) in [4.78, 5) is 16.5. The first-order valence-electron chi connectivity index (χ1n) is 8.01. The summed E-state index contributed by atoms with van der Waals surface area (Å²) >= 11 is 0. The number of anilines is 1. The Balaban J connectivity index is 1.27. The maximum atomic E-state index is 11.9. The van der Waals surface area contributed by atoms with Crippen molar-refractivity contribution < 1.29 is 9.21 Å². The fraction of sp³-hybridized carbons (Fsp3) is 0.294. The van der Waals surface area contributed by atoms with Crippen molar-refractivity contribution in [3.8, 4) is 0 Å². The molecule has 0 unspecified atom stereocenters. The normalized spacial score (nSPS) is 13.8. The zero-order valence-corrected chi connectivity index (χ0v) is 13.0. The summed E-state index contributed by atoms with van der Waals surface area (Å²) in [5.74, 6) is 1.37. The Hall–Kier alpha value is -2.96. The molecule has 7 heteroatoms. The van der Waals surface area contributed by atoms with Crippen LogP contribution in [0.15, 0.2) is 40.8 Å². The van der Waals surface area contributed by atoms with Crippen LogP contribution >= 0.6 is 0 Å². The molecule has 1 aliphatic rings. The van der Waals surface area contributed by atoms with E-state index in [-0.39, 0.29) is 11.8 Å². The van der Waals surface area contributed by atoms with Crippen LogP contribution in [0.25, 0.3) is 10.9 Å². The van der Waals surface area contributed by atoms with E-state index < -0.39 is 0 Å². The Morgan fingerprint density at radius 2 is 2.00 bits per heavy atom. The molecule has 2 N–H and O–H groups in total. The van der Waals surface area contributed by atoms with E-state index in [0.29, 0.717) is 24.9 Å². The van der Waals surface area contributed by atoms with Crippen molar-refractivity contribution in [2.24, 2.45) is 0 Å². The number of pyridine rings is 1. The minimum absolute atomic E-state index is 0.0285. The summed E-state index contributed by atoms with van der Waals surface area (Å²) in [6.07, 6.45) is 2.12. The maximum absolute atomic E-state index is 11.9. The fourth-order valence-electron chi connectivity index (χ4n) is 2.43. The average molecular weight is 323 g/mol. The monoisotopic (exact) mass is 323 g/mol. The summed E-state index contributed by atoms with van der Waals surface area (Å²) < 4.78 is 5.37. The Morgan fingerprint density at radius 1 is 1.12 bits per heavy atom. The predicted molar refractivity (Wildman–Crippen MR) is 88.8 cm³/mol. The van der Waals surface area contributed by atoms with Crippen LogP contribution in [0.4, 0.5) is 5.82 Å². The van der Waals surface area contributed by atoms with Crippen molar-refractivity contribution in [1.82, 2.24) is 20.5 Å². The van der Waals surface area contributed by atoms with E-state index in [4.69, 9.17) is 4.42 Å². The molecular formula is C17H17N5O2. The minimum atomic E-state index is -0.345. The number of carbonyl (C=O) groups excluding carboxylic acids is 1. The number of hydrogen-bond acceptors (Lipinski definition) is 6. The van der Waals surface area contributed by atoms with Gasteiger partial charge in [-0.2, -0.15) is 0 Å². The topological polar surface area (TPSA) is 92.9 Å². The lowest BCUT2D eigenvalue weighted by atomic mass is 10.2. The summed E-state index contributed by atoms with van der Waals surface area (Å²) in [6, 6.07) is 11.9. The van der Waals surface area contributed by atoms with Crippen LogP contribution in [-0.2, 0) is 0 Å². The molecule has 4 rings (SSSR count). The van der Waals surface area contributed by atoms with E-state index >= 15 is 0 Å². The van der Waals surface area contributed by atoms with Crippen LogP contribution in [0.1, 0.15) is 35.3 Å². The van der Waals surface area contributed by atoms with Crippen molar-refractivity contribution in [1.29, 1.82) is 0 Å². The molecule has 0 aliphatic heterocycles. The third-order valence-corrected chi connectivity index (χ3v) is 3.88. The lowest BCUT2D eigenvalue weighted by Gasteiger charge is -2.07. The van der Waals surface area contributed by atoms with E-state index in [1.54, 1.807) is 0 Å². The molecule has 0 saturated heterocycles. The van der Waals surface area contributed by atoms with Gasteiger partial charge in [0.05, 0.1) is 5.52 Å². The van der Waals surface area contributed by atoms with Gasteiger partial charge in [-0.3, -0.25) is 4.79 Å². The second-order valence-electron chi connectivity index (χ2n) is 5.79. The molecule has 3 aromatic rings. The van der Waals surface area contributed by atoms with Gasteiger partial charge in [0.2, 0.25) is 5.89 Å². The molecule has 1 aromatic carbocycles. The van der Waals surface area contributed by atoms with Gasteiger partial charge in [0.15, 0.2) is 0 Å². The molecule has 1 amide bonds. The van der Waals surface area contributed by atoms with E-state index in [1.807, 2.05) is 36.4 Å². The smallest absolute Gasteiger partial charge is 0.308 e. The number of benzene rings is 1. The molecule has 0 atom stereocenters. The largest absolute Gasteiger partial charge is 0.417 e. The van der Waals surface area contributed by atoms with Gasteiger partial charge in [-0.15, -0.1) is 10.2 Å². The third-order valence-electron chi connectivity index (χ3n) is 3.88. The average Bonchev–Trinajstić information content (AvgIpc) is 3.35. The highest BCUT2D eigenvalue weighted by Gasteiger charge is 2.30. The minimum Gasteiger partial charge on any atom is -0.417 e. The zero-order chi connectivity index (χ0) is 16.4. The van der Waals surface area contributed by atoms with E-state index in [2.05, 4.69) is 25.8 Å². The summed E-state index contributed by atoms with van der Waals surface area (Å²) in [5.41, 5.74) is 0.935. The van der Waals surface area contributed by atoms with Crippen molar-refractivity contribution in [3.05, 3.63) is 48.2 Å². The van der Waals surface area contributed by atoms with Crippen molar-refractivity contribution in [2.45, 2.75) is 18.8 Å². The van der Waals surface area contributed by atoms with Gasteiger partial charge in [-0.25, -0.2) is 4.98 Å². The molecule has 0 spiro atoms. The lowest BCUT2D eigenvalue weighted by molar-refractivity contribution is 0.0918. The highest BCUT2D eigenvalue weighted by Crippen LogP contribution is 2.38. The molecule has 1 aliphatic carbocycles. The van der Waals surface area contributed by atoms with Gasteiger partial charge in [0, 0.05) is 24.4 Å². The zero-order valence-electron chi connectivity index (χ0n) is 13.0. The lowest BCUT2D eigenvalue weighted by Crippen LogP contribution is -2.29. The number of amides is 1. The summed E-state index contributed by atoms with van der Waals surface area (Å²) in [7, 11) is 0. The van der Waals surface area contributed by atoms with Crippen LogP contribution in [0.2, 0.25) is 0 Å². The second kappa shape index (κ2) is 6.27. The Kier molecular flexibility index (Phi) is 3.82. The molecule has 1 fully saturated rings. The number of nitrogens with one attached hydrogen (secondary N) is 2. The van der Waals surface area contributed by atoms with E-state index in [0.717, 1.165) is 29.6 Å². The molecule has 0 bridgehead atoms. The molecular weight excluding hydrogens is 306 g/mol. The molecule has 122 valence electrons. The Morgan fingerprint density at radius 3 is 2.88 bits per heavy atom. The van der Waals surface area contributed by atoms with Crippen LogP contribution in [0.3, 0.4) is 0 Å². The maximum Gasteiger partial charge on any atom is 0.308 e. The van der Waals surface area contributed by atoms with Crippen molar-refractivity contribution in [3.63, 3.8) is 0 Å². The van der Waals surface area contributed by atoms with Crippen LogP contribution in [-0.4, -0.2) is 34.2 Å². The molecule has 24 heavy (non-hydrogen) atoms. The highest BCUT2D eigenvalue weighted by atomic mass is 16.4.